The number of carbonyl (C=O) groups is 1. The van der Waals surface area contributed by atoms with Crippen molar-refractivity contribution in [2.75, 3.05) is 10.1 Å². The summed E-state index contributed by atoms with van der Waals surface area (Å²) >= 11 is 11.5. The fourth-order valence-corrected chi connectivity index (χ4v) is 3.09. The lowest BCUT2D eigenvalue weighted by molar-refractivity contribution is 0.257. The minimum Gasteiger partial charge on any atom is -0.350 e. The fourth-order valence-electron chi connectivity index (χ4n) is 1.39. The zero-order chi connectivity index (χ0) is 13.9. The first-order valence-electron chi connectivity index (χ1n) is 5.07. The van der Waals surface area contributed by atoms with Gasteiger partial charge in [-0.05, 0) is 24.6 Å². The summed E-state index contributed by atoms with van der Waals surface area (Å²) in [4.78, 5) is 11.3. The van der Waals surface area contributed by atoms with Crippen molar-refractivity contribution in [3.8, 4) is 0 Å². The number of nitrogens with zero attached hydrogens (tertiary/aromatic N) is 1. The zero-order valence-electron chi connectivity index (χ0n) is 9.56. The third-order valence-corrected chi connectivity index (χ3v) is 4.69. The maximum absolute atomic E-state index is 11.9. The van der Waals surface area contributed by atoms with E-state index < -0.39 is 16.1 Å². The van der Waals surface area contributed by atoms with E-state index in [1.807, 2.05) is 0 Å². The van der Waals surface area contributed by atoms with E-state index in [0.717, 1.165) is 0 Å². The third-order valence-electron chi connectivity index (χ3n) is 2.08. The van der Waals surface area contributed by atoms with E-state index in [1.54, 1.807) is 6.92 Å². The first-order valence-corrected chi connectivity index (χ1v) is 7.43. The van der Waals surface area contributed by atoms with Crippen LogP contribution in [0.4, 0.5) is 10.5 Å². The van der Waals surface area contributed by atoms with E-state index in [-0.39, 0.29) is 21.5 Å². The molecule has 1 aromatic rings. The number of carbonyl (C=O) groups excluding carboxylic acids is 1. The van der Waals surface area contributed by atoms with Crippen molar-refractivity contribution in [1.82, 2.24) is 0 Å². The Bertz CT molecular complexity index is 560. The van der Waals surface area contributed by atoms with E-state index in [0.29, 0.717) is 10.7 Å². The van der Waals surface area contributed by atoms with Crippen molar-refractivity contribution in [3.63, 3.8) is 0 Å². The normalized spacial score (nSPS) is 11.3. The van der Waals surface area contributed by atoms with Gasteiger partial charge in [-0.3, -0.25) is 0 Å². The smallest absolute Gasteiger partial charge is 0.333 e. The molecule has 5 nitrogen and oxygen atoms in total. The van der Waals surface area contributed by atoms with Gasteiger partial charge in [0.2, 0.25) is 10.0 Å². The van der Waals surface area contributed by atoms with Crippen LogP contribution < -0.4 is 10.0 Å². The highest BCUT2D eigenvalue weighted by atomic mass is 35.5. The van der Waals surface area contributed by atoms with Crippen LogP contribution in [-0.4, -0.2) is 20.2 Å². The Labute approximate surface area is 116 Å². The topological polar surface area (TPSA) is 80.5 Å². The van der Waals surface area contributed by atoms with Crippen LogP contribution >= 0.6 is 23.2 Å². The second kappa shape index (κ2) is 5.77. The summed E-state index contributed by atoms with van der Waals surface area (Å²) in [6, 6.07) is 2.96. The van der Waals surface area contributed by atoms with Gasteiger partial charge in [-0.25, -0.2) is 13.2 Å². The number of benzene rings is 1. The minimum atomic E-state index is -3.80. The molecule has 0 saturated carbocycles. The van der Waals surface area contributed by atoms with Gasteiger partial charge < -0.3 is 5.73 Å². The van der Waals surface area contributed by atoms with Gasteiger partial charge in [0.1, 0.15) is 0 Å². The van der Waals surface area contributed by atoms with E-state index >= 15 is 0 Å². The Morgan fingerprint density at radius 2 is 1.94 bits per heavy atom. The molecule has 2 N–H and O–H groups in total. The van der Waals surface area contributed by atoms with E-state index in [4.69, 9.17) is 28.9 Å². The van der Waals surface area contributed by atoms with Crippen molar-refractivity contribution >= 4 is 44.9 Å². The minimum absolute atomic E-state index is 0.0744. The number of anilines is 1. The third kappa shape index (κ3) is 3.28. The lowest BCUT2D eigenvalue weighted by Gasteiger charge is -2.20. The van der Waals surface area contributed by atoms with Crippen LogP contribution in [0.15, 0.2) is 18.2 Å². The van der Waals surface area contributed by atoms with Crippen LogP contribution in [0.3, 0.4) is 0 Å². The Morgan fingerprint density at radius 1 is 1.33 bits per heavy atom. The molecule has 0 spiro atoms. The van der Waals surface area contributed by atoms with Gasteiger partial charge in [0.15, 0.2) is 0 Å². The maximum Gasteiger partial charge on any atom is 0.333 e. The molecule has 0 atom stereocenters. The molecule has 0 radical (unpaired) electrons. The molecule has 100 valence electrons. The summed E-state index contributed by atoms with van der Waals surface area (Å²) in [7, 11) is -3.80. The average Bonchev–Trinajstić information content (AvgIpc) is 2.22. The molecular weight excluding hydrogens is 299 g/mol. The summed E-state index contributed by atoms with van der Waals surface area (Å²) in [5, 5.41) is 0.407. The molecule has 0 aliphatic rings. The first-order chi connectivity index (χ1) is 8.29. The molecule has 18 heavy (non-hydrogen) atoms. The monoisotopic (exact) mass is 310 g/mol. The van der Waals surface area contributed by atoms with Gasteiger partial charge >= 0.3 is 6.03 Å². The number of amides is 2. The molecule has 2 amide bonds. The molecule has 0 bridgehead atoms. The van der Waals surface area contributed by atoms with Gasteiger partial charge in [0, 0.05) is 0 Å². The highest BCUT2D eigenvalue weighted by Crippen LogP contribution is 2.28. The summed E-state index contributed by atoms with van der Waals surface area (Å²) in [6.45, 7) is 1.69. The number of sulfonamides is 1. The Hall–Kier alpha value is -0.980. The molecule has 0 aliphatic carbocycles. The quantitative estimate of drug-likeness (QED) is 0.928. The van der Waals surface area contributed by atoms with E-state index in [2.05, 4.69) is 0 Å². The van der Waals surface area contributed by atoms with Gasteiger partial charge in [-0.1, -0.05) is 30.1 Å². The standard InChI is InChI=1S/C10H12Cl2N2O3S/c1-2-5-18(16,17)14(10(13)15)7-3-4-8(11)9(12)6-7/h3-4,6H,2,5H2,1H3,(H2,13,15). The van der Waals surface area contributed by atoms with Crippen LogP contribution in [-0.2, 0) is 10.0 Å². The summed E-state index contributed by atoms with van der Waals surface area (Å²) in [5.41, 5.74) is 5.18. The number of hydrogen-bond donors (Lipinski definition) is 1. The molecule has 0 unspecified atom stereocenters. The average molecular weight is 311 g/mol. The predicted molar refractivity (Wildman–Crippen MR) is 72.6 cm³/mol. The Balaban J connectivity index is 3.29. The SMILES string of the molecule is CCCS(=O)(=O)N(C(N)=O)c1ccc(Cl)c(Cl)c1. The van der Waals surface area contributed by atoms with Crippen LogP contribution in [0.25, 0.3) is 0 Å². The molecule has 0 aliphatic heterocycles. The van der Waals surface area contributed by atoms with Crippen molar-refractivity contribution in [3.05, 3.63) is 28.2 Å². The lowest BCUT2D eigenvalue weighted by Crippen LogP contribution is -2.42. The molecule has 1 rings (SSSR count). The van der Waals surface area contributed by atoms with Crippen molar-refractivity contribution in [2.45, 2.75) is 13.3 Å². The molecule has 8 heteroatoms. The van der Waals surface area contributed by atoms with Crippen LogP contribution in [0.1, 0.15) is 13.3 Å². The second-order valence-corrected chi connectivity index (χ2v) is 6.27. The number of primary amides is 1. The van der Waals surface area contributed by atoms with Crippen LogP contribution in [0.2, 0.25) is 10.0 Å². The van der Waals surface area contributed by atoms with Gasteiger partial charge in [-0.15, -0.1) is 0 Å². The maximum atomic E-state index is 11.9. The van der Waals surface area contributed by atoms with Crippen LogP contribution in [0, 0.1) is 0 Å². The lowest BCUT2D eigenvalue weighted by atomic mass is 10.3. The summed E-state index contributed by atoms with van der Waals surface area (Å²) in [6.07, 6.45) is 0.368. The number of rotatable bonds is 4. The highest BCUT2D eigenvalue weighted by Gasteiger charge is 2.26. The van der Waals surface area contributed by atoms with Gasteiger partial charge in [0.05, 0.1) is 21.5 Å². The molecular formula is C10H12Cl2N2O3S. The zero-order valence-corrected chi connectivity index (χ0v) is 11.9. The summed E-state index contributed by atoms with van der Waals surface area (Å²) < 4.78 is 24.4. The first kappa shape index (κ1) is 15.1. The van der Waals surface area contributed by atoms with Crippen LogP contribution in [0.5, 0.6) is 0 Å². The Kier molecular flexibility index (Phi) is 4.84. The van der Waals surface area contributed by atoms with E-state index in [9.17, 15) is 13.2 Å². The van der Waals surface area contributed by atoms with Crippen molar-refractivity contribution in [1.29, 1.82) is 0 Å². The van der Waals surface area contributed by atoms with Gasteiger partial charge in [0.25, 0.3) is 0 Å². The Morgan fingerprint density at radius 3 is 2.39 bits per heavy atom. The highest BCUT2D eigenvalue weighted by molar-refractivity contribution is 7.93. The molecule has 1 aromatic carbocycles. The fraction of sp³-hybridized carbons (Fsp3) is 0.300. The molecule has 0 saturated heterocycles. The predicted octanol–water partition coefficient (Wildman–Crippen LogP) is 2.62. The van der Waals surface area contributed by atoms with Crippen molar-refractivity contribution < 1.29 is 13.2 Å². The second-order valence-electron chi connectivity index (χ2n) is 3.52. The number of halogens is 2. The number of urea groups is 1. The largest absolute Gasteiger partial charge is 0.350 e. The van der Waals surface area contributed by atoms with Gasteiger partial charge in [-0.2, -0.15) is 4.31 Å². The van der Waals surface area contributed by atoms with E-state index in [1.165, 1.54) is 18.2 Å². The number of nitrogens with two attached hydrogens (primary N) is 1. The molecule has 0 aromatic heterocycles. The molecule has 0 heterocycles. The number of hydrogen-bond acceptors (Lipinski definition) is 3. The van der Waals surface area contributed by atoms with Crippen molar-refractivity contribution in [2.24, 2.45) is 5.73 Å². The summed E-state index contributed by atoms with van der Waals surface area (Å²) in [5.74, 6) is -0.184. The molecule has 0 fully saturated rings.